The SMILES string of the molecule is Cc1cccc(C(CBr)CC2CC3CCC2C3)c1. The molecule has 0 heterocycles. The van der Waals surface area contributed by atoms with E-state index in [0.29, 0.717) is 5.92 Å². The summed E-state index contributed by atoms with van der Waals surface area (Å²) >= 11 is 3.74. The third kappa shape index (κ3) is 2.52. The van der Waals surface area contributed by atoms with Crippen LogP contribution in [0.3, 0.4) is 0 Å². The molecule has 0 amide bonds. The summed E-state index contributed by atoms with van der Waals surface area (Å²) in [7, 11) is 0. The molecule has 1 aromatic rings. The first kappa shape index (κ1) is 12.7. The molecule has 4 atom stereocenters. The summed E-state index contributed by atoms with van der Waals surface area (Å²) in [6.07, 6.45) is 7.48. The van der Waals surface area contributed by atoms with Gasteiger partial charge in [-0.1, -0.05) is 52.2 Å². The molecule has 0 nitrogen and oxygen atoms in total. The lowest BCUT2D eigenvalue weighted by Crippen LogP contribution is -2.15. The van der Waals surface area contributed by atoms with Crippen LogP contribution in [0.2, 0.25) is 0 Å². The summed E-state index contributed by atoms with van der Waals surface area (Å²) in [6, 6.07) is 9.10. The molecular weight excluding hydrogens is 284 g/mol. The first-order valence-corrected chi connectivity index (χ1v) is 8.51. The van der Waals surface area contributed by atoms with Crippen molar-refractivity contribution in [3.8, 4) is 0 Å². The van der Waals surface area contributed by atoms with Gasteiger partial charge in [0.25, 0.3) is 0 Å². The van der Waals surface area contributed by atoms with Gasteiger partial charge in [-0.05, 0) is 61.8 Å². The molecule has 2 aliphatic carbocycles. The van der Waals surface area contributed by atoms with Gasteiger partial charge in [0.15, 0.2) is 0 Å². The lowest BCUT2D eigenvalue weighted by Gasteiger charge is -2.26. The van der Waals surface area contributed by atoms with Gasteiger partial charge >= 0.3 is 0 Å². The van der Waals surface area contributed by atoms with E-state index in [-0.39, 0.29) is 0 Å². The molecule has 0 radical (unpaired) electrons. The van der Waals surface area contributed by atoms with Crippen molar-refractivity contribution in [1.29, 1.82) is 0 Å². The van der Waals surface area contributed by atoms with Gasteiger partial charge in [-0.2, -0.15) is 0 Å². The number of halogens is 1. The zero-order valence-electron chi connectivity index (χ0n) is 11.2. The average Bonchev–Trinajstić information content (AvgIpc) is 2.98. The van der Waals surface area contributed by atoms with Gasteiger partial charge < -0.3 is 0 Å². The number of fused-ring (bicyclic) bond motifs is 2. The van der Waals surface area contributed by atoms with E-state index in [1.54, 1.807) is 0 Å². The molecule has 0 N–H and O–H groups in total. The zero-order chi connectivity index (χ0) is 12.5. The minimum Gasteiger partial charge on any atom is -0.0921 e. The van der Waals surface area contributed by atoms with Crippen molar-refractivity contribution in [2.75, 3.05) is 5.33 Å². The Morgan fingerprint density at radius 2 is 2.17 bits per heavy atom. The third-order valence-electron chi connectivity index (χ3n) is 5.17. The molecule has 3 rings (SSSR count). The van der Waals surface area contributed by atoms with E-state index >= 15 is 0 Å². The van der Waals surface area contributed by atoms with Gasteiger partial charge in [0.2, 0.25) is 0 Å². The Kier molecular flexibility index (Phi) is 3.79. The summed E-state index contributed by atoms with van der Waals surface area (Å²) in [5.74, 6) is 3.86. The van der Waals surface area contributed by atoms with Crippen LogP contribution in [0.25, 0.3) is 0 Å². The van der Waals surface area contributed by atoms with Gasteiger partial charge in [0.1, 0.15) is 0 Å². The Hall–Kier alpha value is -0.300. The zero-order valence-corrected chi connectivity index (χ0v) is 12.8. The molecule has 0 aliphatic heterocycles. The summed E-state index contributed by atoms with van der Waals surface area (Å²) in [5, 5.41) is 1.12. The Balaban J connectivity index is 1.69. The molecule has 0 aromatic heterocycles. The van der Waals surface area contributed by atoms with Crippen LogP contribution in [-0.4, -0.2) is 5.33 Å². The van der Waals surface area contributed by atoms with Gasteiger partial charge in [0, 0.05) is 5.33 Å². The van der Waals surface area contributed by atoms with Crippen LogP contribution in [0, 0.1) is 24.7 Å². The van der Waals surface area contributed by atoms with E-state index in [0.717, 1.165) is 23.1 Å². The van der Waals surface area contributed by atoms with E-state index < -0.39 is 0 Å². The largest absolute Gasteiger partial charge is 0.0921 e. The summed E-state index contributed by atoms with van der Waals surface area (Å²) in [5.41, 5.74) is 2.93. The molecule has 1 heteroatoms. The van der Waals surface area contributed by atoms with Crippen molar-refractivity contribution in [3.05, 3.63) is 35.4 Å². The lowest BCUT2D eigenvalue weighted by molar-refractivity contribution is 0.301. The fourth-order valence-electron chi connectivity index (χ4n) is 4.24. The molecule has 2 aliphatic rings. The van der Waals surface area contributed by atoms with Crippen LogP contribution in [-0.2, 0) is 0 Å². The van der Waals surface area contributed by atoms with Gasteiger partial charge in [-0.3, -0.25) is 0 Å². The second-order valence-corrected chi connectivity index (χ2v) is 7.08. The average molecular weight is 307 g/mol. The highest BCUT2D eigenvalue weighted by Crippen LogP contribution is 2.51. The molecular formula is C17H23Br. The van der Waals surface area contributed by atoms with Crippen LogP contribution in [0.4, 0.5) is 0 Å². The van der Waals surface area contributed by atoms with E-state index in [4.69, 9.17) is 0 Å². The van der Waals surface area contributed by atoms with Gasteiger partial charge in [-0.15, -0.1) is 0 Å². The number of hydrogen-bond acceptors (Lipinski definition) is 0. The van der Waals surface area contributed by atoms with E-state index in [9.17, 15) is 0 Å². The second-order valence-electron chi connectivity index (χ2n) is 6.44. The first-order chi connectivity index (χ1) is 8.76. The van der Waals surface area contributed by atoms with E-state index in [1.165, 1.54) is 43.2 Å². The molecule has 98 valence electrons. The lowest BCUT2D eigenvalue weighted by atomic mass is 9.80. The Morgan fingerprint density at radius 1 is 1.28 bits per heavy atom. The highest BCUT2D eigenvalue weighted by molar-refractivity contribution is 9.09. The minimum absolute atomic E-state index is 0.717. The summed E-state index contributed by atoms with van der Waals surface area (Å²) in [4.78, 5) is 0. The maximum atomic E-state index is 3.74. The molecule has 18 heavy (non-hydrogen) atoms. The fourth-order valence-corrected chi connectivity index (χ4v) is 4.88. The van der Waals surface area contributed by atoms with Crippen molar-refractivity contribution in [1.82, 2.24) is 0 Å². The Labute approximate surface area is 119 Å². The van der Waals surface area contributed by atoms with Gasteiger partial charge in [-0.25, -0.2) is 0 Å². The Morgan fingerprint density at radius 3 is 2.78 bits per heavy atom. The third-order valence-corrected chi connectivity index (χ3v) is 5.95. The number of aryl methyl sites for hydroxylation is 1. The predicted octanol–water partition coefficient (Wildman–Crippen LogP) is 5.30. The maximum Gasteiger partial charge on any atom is 0.0100 e. The van der Waals surface area contributed by atoms with Crippen LogP contribution in [0.15, 0.2) is 24.3 Å². The molecule has 4 unspecified atom stereocenters. The molecule has 0 spiro atoms. The van der Waals surface area contributed by atoms with E-state index in [1.807, 2.05) is 0 Å². The van der Waals surface area contributed by atoms with Crippen molar-refractivity contribution in [2.45, 2.75) is 44.9 Å². The molecule has 2 bridgehead atoms. The Bertz CT molecular complexity index is 412. The van der Waals surface area contributed by atoms with Crippen molar-refractivity contribution in [2.24, 2.45) is 17.8 Å². The van der Waals surface area contributed by atoms with Crippen LogP contribution in [0.1, 0.15) is 49.1 Å². The van der Waals surface area contributed by atoms with Crippen LogP contribution in [0.5, 0.6) is 0 Å². The standard InChI is InChI=1S/C17H23Br/c1-12-3-2-4-14(7-12)17(11-18)10-16-9-13-5-6-15(16)8-13/h2-4,7,13,15-17H,5-6,8-11H2,1H3. The molecule has 2 saturated carbocycles. The highest BCUT2D eigenvalue weighted by Gasteiger charge is 2.40. The summed E-state index contributed by atoms with van der Waals surface area (Å²) < 4.78 is 0. The maximum absolute atomic E-state index is 3.74. The molecule has 2 fully saturated rings. The topological polar surface area (TPSA) is 0 Å². The summed E-state index contributed by atoms with van der Waals surface area (Å²) in [6.45, 7) is 2.20. The van der Waals surface area contributed by atoms with Gasteiger partial charge in [0.05, 0.1) is 0 Å². The van der Waals surface area contributed by atoms with Crippen molar-refractivity contribution < 1.29 is 0 Å². The normalized spacial score (nSPS) is 31.8. The molecule has 0 saturated heterocycles. The monoisotopic (exact) mass is 306 g/mol. The number of hydrogen-bond donors (Lipinski definition) is 0. The second kappa shape index (κ2) is 5.36. The number of rotatable bonds is 4. The van der Waals surface area contributed by atoms with Crippen LogP contribution >= 0.6 is 15.9 Å². The minimum atomic E-state index is 0.717. The molecule has 1 aromatic carbocycles. The quantitative estimate of drug-likeness (QED) is 0.662. The smallest absolute Gasteiger partial charge is 0.0100 e. The fraction of sp³-hybridized carbons (Fsp3) is 0.647. The van der Waals surface area contributed by atoms with Crippen molar-refractivity contribution in [3.63, 3.8) is 0 Å². The highest BCUT2D eigenvalue weighted by atomic mass is 79.9. The van der Waals surface area contributed by atoms with Crippen molar-refractivity contribution >= 4 is 15.9 Å². The van der Waals surface area contributed by atoms with Crippen LogP contribution < -0.4 is 0 Å². The first-order valence-electron chi connectivity index (χ1n) is 7.38. The number of alkyl halides is 1. The predicted molar refractivity (Wildman–Crippen MR) is 81.3 cm³/mol. The number of benzene rings is 1. The van der Waals surface area contributed by atoms with E-state index in [2.05, 4.69) is 47.1 Å².